The van der Waals surface area contributed by atoms with Crippen LogP contribution in [0.1, 0.15) is 31.3 Å². The van der Waals surface area contributed by atoms with Gasteiger partial charge in [-0.2, -0.15) is 0 Å². The fourth-order valence-corrected chi connectivity index (χ4v) is 3.29. The number of aromatic carboxylic acids is 2. The fraction of sp³-hybridized carbons (Fsp3) is 0.133. The number of hydrogen-bond donors (Lipinski definition) is 2. The monoisotopic (exact) mass is 303 g/mol. The molecule has 6 heteroatoms. The molecule has 0 spiro atoms. The first-order valence-corrected chi connectivity index (χ1v) is 6.94. The lowest BCUT2D eigenvalue weighted by atomic mass is 10.0. The molecule has 2 aromatic rings. The van der Waals surface area contributed by atoms with Gasteiger partial charge in [0, 0.05) is 10.3 Å². The molecule has 21 heavy (non-hydrogen) atoms. The molecular weight excluding hydrogens is 290 g/mol. The van der Waals surface area contributed by atoms with Crippen LogP contribution < -0.4 is 0 Å². The van der Waals surface area contributed by atoms with Crippen molar-refractivity contribution in [2.45, 2.75) is 12.8 Å². The Hall–Kier alpha value is -2.47. The predicted octanol–water partition coefficient (Wildman–Crippen LogP) is 3.15. The Kier molecular flexibility index (Phi) is 4.18. The van der Waals surface area contributed by atoms with Crippen LogP contribution in [0.25, 0.3) is 10.2 Å². The summed E-state index contributed by atoms with van der Waals surface area (Å²) >= 11 is 1.35. The van der Waals surface area contributed by atoms with Crippen LogP contribution in [0.3, 0.4) is 0 Å². The molecule has 0 aliphatic rings. The highest BCUT2D eigenvalue weighted by Gasteiger charge is 2.22. The van der Waals surface area contributed by atoms with E-state index in [1.54, 1.807) is 12.2 Å². The molecule has 108 valence electrons. The van der Waals surface area contributed by atoms with E-state index in [9.17, 15) is 9.59 Å². The van der Waals surface area contributed by atoms with Gasteiger partial charge in [0.05, 0.1) is 5.56 Å². The van der Waals surface area contributed by atoms with Gasteiger partial charge in [0.15, 0.2) is 5.69 Å². The van der Waals surface area contributed by atoms with E-state index in [2.05, 4.69) is 18.1 Å². The van der Waals surface area contributed by atoms with Gasteiger partial charge in [0.2, 0.25) is 0 Å². The zero-order valence-corrected chi connectivity index (χ0v) is 11.9. The number of pyridine rings is 1. The highest BCUT2D eigenvalue weighted by molar-refractivity contribution is 7.18. The fourth-order valence-electron chi connectivity index (χ4n) is 2.11. The molecule has 0 amide bonds. The van der Waals surface area contributed by atoms with Gasteiger partial charge in [-0.1, -0.05) is 12.2 Å². The third kappa shape index (κ3) is 2.71. The van der Waals surface area contributed by atoms with Gasteiger partial charge in [-0.25, -0.2) is 14.6 Å². The Bertz CT molecular complexity index is 761. The van der Waals surface area contributed by atoms with Crippen molar-refractivity contribution >= 4 is 33.5 Å². The lowest BCUT2D eigenvalue weighted by Gasteiger charge is -2.02. The van der Waals surface area contributed by atoms with Gasteiger partial charge in [-0.3, -0.25) is 0 Å². The molecule has 5 nitrogen and oxygen atoms in total. The second-order valence-corrected chi connectivity index (χ2v) is 5.42. The van der Waals surface area contributed by atoms with E-state index in [0.29, 0.717) is 23.1 Å². The van der Waals surface area contributed by atoms with E-state index < -0.39 is 17.6 Å². The van der Waals surface area contributed by atoms with E-state index >= 15 is 0 Å². The van der Waals surface area contributed by atoms with Gasteiger partial charge < -0.3 is 10.2 Å². The first kappa shape index (κ1) is 14.9. The van der Waals surface area contributed by atoms with Gasteiger partial charge in [-0.15, -0.1) is 24.5 Å². The molecule has 0 unspecified atom stereocenters. The summed E-state index contributed by atoms with van der Waals surface area (Å²) in [6.45, 7) is 7.39. The van der Waals surface area contributed by atoms with Crippen LogP contribution in [0.5, 0.6) is 0 Å². The van der Waals surface area contributed by atoms with Crippen molar-refractivity contribution in [2.75, 3.05) is 0 Å². The molecular formula is C15H13NO4S. The minimum atomic E-state index is -1.35. The number of hydrogen-bond acceptors (Lipinski definition) is 4. The van der Waals surface area contributed by atoms with Crippen molar-refractivity contribution in [2.24, 2.45) is 0 Å². The van der Waals surface area contributed by atoms with Crippen LogP contribution in [0.15, 0.2) is 31.4 Å². The van der Waals surface area contributed by atoms with Crippen molar-refractivity contribution < 1.29 is 19.8 Å². The smallest absolute Gasteiger partial charge is 0.355 e. The Morgan fingerprint density at radius 1 is 1.19 bits per heavy atom. The first-order chi connectivity index (χ1) is 9.99. The number of allylic oxidation sites excluding steroid dienone is 2. The number of rotatable bonds is 6. The molecule has 0 aliphatic heterocycles. The molecule has 2 aromatic heterocycles. The molecule has 0 aliphatic carbocycles. The standard InChI is InChI=1S/C15H13NO4S/c1-3-5-8-9-7-10(14(17)18)12(15(19)20)16-13(9)21-11(8)6-4-2/h3-4,7H,1-2,5-6H2,(H,17,18)(H,19,20). The highest BCUT2D eigenvalue weighted by Crippen LogP contribution is 2.33. The topological polar surface area (TPSA) is 87.5 Å². The summed E-state index contributed by atoms with van der Waals surface area (Å²) in [6.07, 6.45) is 4.65. The molecule has 0 saturated carbocycles. The molecule has 0 aromatic carbocycles. The zero-order chi connectivity index (χ0) is 15.6. The van der Waals surface area contributed by atoms with Crippen LogP contribution in [-0.4, -0.2) is 27.1 Å². The molecule has 0 fully saturated rings. The van der Waals surface area contributed by atoms with Crippen LogP contribution in [0.4, 0.5) is 0 Å². The minimum Gasteiger partial charge on any atom is -0.478 e. The number of thiophene rings is 1. The molecule has 2 heterocycles. The third-order valence-electron chi connectivity index (χ3n) is 2.98. The van der Waals surface area contributed by atoms with E-state index in [-0.39, 0.29) is 5.56 Å². The quantitative estimate of drug-likeness (QED) is 0.800. The van der Waals surface area contributed by atoms with Crippen LogP contribution in [0.2, 0.25) is 0 Å². The Morgan fingerprint density at radius 2 is 1.86 bits per heavy atom. The van der Waals surface area contributed by atoms with Crippen molar-refractivity contribution in [1.29, 1.82) is 0 Å². The second-order valence-electron chi connectivity index (χ2n) is 4.34. The number of aromatic nitrogens is 1. The Balaban J connectivity index is 2.80. The predicted molar refractivity (Wildman–Crippen MR) is 81.3 cm³/mol. The third-order valence-corrected chi connectivity index (χ3v) is 4.14. The SMILES string of the molecule is C=CCc1sc2nc(C(=O)O)c(C(=O)O)cc2c1CC=C. The van der Waals surface area contributed by atoms with Crippen LogP contribution in [-0.2, 0) is 12.8 Å². The molecule has 2 rings (SSSR count). The van der Waals surface area contributed by atoms with E-state index in [4.69, 9.17) is 10.2 Å². The van der Waals surface area contributed by atoms with Gasteiger partial charge >= 0.3 is 11.9 Å². The van der Waals surface area contributed by atoms with Crippen molar-refractivity contribution in [1.82, 2.24) is 4.98 Å². The van der Waals surface area contributed by atoms with E-state index in [0.717, 1.165) is 10.4 Å². The summed E-state index contributed by atoms with van der Waals surface area (Å²) in [5.74, 6) is -2.65. The largest absolute Gasteiger partial charge is 0.478 e. The number of carbonyl (C=O) groups is 2. The number of nitrogens with zero attached hydrogens (tertiary/aromatic N) is 1. The van der Waals surface area contributed by atoms with Gasteiger partial charge in [-0.05, 0) is 24.5 Å². The first-order valence-electron chi connectivity index (χ1n) is 6.13. The van der Waals surface area contributed by atoms with Gasteiger partial charge in [0.1, 0.15) is 4.83 Å². The lowest BCUT2D eigenvalue weighted by Crippen LogP contribution is -2.10. The summed E-state index contributed by atoms with van der Waals surface area (Å²) in [7, 11) is 0. The average Bonchev–Trinajstić information content (AvgIpc) is 2.75. The van der Waals surface area contributed by atoms with Crippen molar-refractivity contribution in [3.63, 3.8) is 0 Å². The van der Waals surface area contributed by atoms with E-state index in [1.165, 1.54) is 17.4 Å². The van der Waals surface area contributed by atoms with Crippen LogP contribution in [0, 0.1) is 0 Å². The van der Waals surface area contributed by atoms with E-state index in [1.807, 2.05) is 0 Å². The minimum absolute atomic E-state index is 0.303. The Labute approximate surface area is 124 Å². The number of fused-ring (bicyclic) bond motifs is 1. The Morgan fingerprint density at radius 3 is 2.38 bits per heavy atom. The summed E-state index contributed by atoms with van der Waals surface area (Å²) in [6, 6.07) is 1.38. The number of carboxylic acids is 2. The normalized spacial score (nSPS) is 10.5. The number of carboxylic acid groups (broad SMARTS) is 2. The highest BCUT2D eigenvalue weighted by atomic mass is 32.1. The molecule has 0 radical (unpaired) electrons. The maximum Gasteiger partial charge on any atom is 0.355 e. The summed E-state index contributed by atoms with van der Waals surface area (Å²) in [4.78, 5) is 27.9. The molecule has 0 saturated heterocycles. The summed E-state index contributed by atoms with van der Waals surface area (Å²) in [5, 5.41) is 18.9. The van der Waals surface area contributed by atoms with Crippen LogP contribution >= 0.6 is 11.3 Å². The maximum atomic E-state index is 11.2. The summed E-state index contributed by atoms with van der Waals surface area (Å²) in [5.41, 5.74) is 0.187. The molecule has 0 bridgehead atoms. The summed E-state index contributed by atoms with van der Waals surface area (Å²) < 4.78 is 0. The van der Waals surface area contributed by atoms with Crippen molar-refractivity contribution in [3.8, 4) is 0 Å². The lowest BCUT2D eigenvalue weighted by molar-refractivity contribution is 0.0647. The molecule has 2 N–H and O–H groups in total. The second kappa shape index (κ2) is 5.88. The van der Waals surface area contributed by atoms with Crippen molar-refractivity contribution in [3.05, 3.63) is 53.1 Å². The average molecular weight is 303 g/mol. The molecule has 0 atom stereocenters. The maximum absolute atomic E-state index is 11.2. The van der Waals surface area contributed by atoms with Gasteiger partial charge in [0.25, 0.3) is 0 Å². The zero-order valence-electron chi connectivity index (χ0n) is 11.1.